The predicted molar refractivity (Wildman–Crippen MR) is 61.7 cm³/mol. The summed E-state index contributed by atoms with van der Waals surface area (Å²) < 4.78 is 5.74. The molecule has 1 saturated heterocycles. The number of hydrogen-bond donors (Lipinski definition) is 2. The van der Waals surface area contributed by atoms with Crippen molar-refractivity contribution in [2.24, 2.45) is 5.73 Å². The van der Waals surface area contributed by atoms with E-state index in [1.165, 1.54) is 0 Å². The van der Waals surface area contributed by atoms with Gasteiger partial charge in [0.25, 0.3) is 0 Å². The van der Waals surface area contributed by atoms with Crippen LogP contribution in [0.3, 0.4) is 0 Å². The van der Waals surface area contributed by atoms with E-state index in [2.05, 4.69) is 5.32 Å². The molecule has 86 valence electrons. The average Bonchev–Trinajstić information content (AvgIpc) is 2.82. The third kappa shape index (κ3) is 2.59. The van der Waals surface area contributed by atoms with Gasteiger partial charge in [0.2, 0.25) is 0 Å². The molecule has 0 aliphatic carbocycles. The molecule has 0 bridgehead atoms. The predicted octanol–water partition coefficient (Wildman–Crippen LogP) is 0.569. The monoisotopic (exact) mass is 220 g/mol. The van der Waals surface area contributed by atoms with Crippen molar-refractivity contribution in [2.75, 3.05) is 19.6 Å². The highest BCUT2D eigenvalue weighted by Gasteiger charge is 2.15. The van der Waals surface area contributed by atoms with Crippen molar-refractivity contribution < 1.29 is 9.53 Å². The lowest BCUT2D eigenvalue weighted by atomic mass is 10.1. The van der Waals surface area contributed by atoms with Crippen molar-refractivity contribution in [1.29, 1.82) is 0 Å². The summed E-state index contributed by atoms with van der Waals surface area (Å²) in [5.41, 5.74) is 5.92. The molecule has 1 atom stereocenters. The van der Waals surface area contributed by atoms with E-state index in [4.69, 9.17) is 10.5 Å². The van der Waals surface area contributed by atoms with Gasteiger partial charge < -0.3 is 15.8 Å². The maximum atomic E-state index is 11.3. The van der Waals surface area contributed by atoms with Gasteiger partial charge in [0.1, 0.15) is 11.9 Å². The maximum absolute atomic E-state index is 11.3. The number of benzene rings is 1. The largest absolute Gasteiger partial charge is 0.489 e. The SMILES string of the molecule is NCC(=O)c1ccc(OC2CCNC2)cc1. The molecule has 3 N–H and O–H groups in total. The number of carbonyl (C=O) groups excluding carboxylic acids is 1. The highest BCUT2D eigenvalue weighted by atomic mass is 16.5. The van der Waals surface area contributed by atoms with Gasteiger partial charge in [-0.25, -0.2) is 0 Å². The van der Waals surface area contributed by atoms with Crippen LogP contribution in [0.1, 0.15) is 16.8 Å². The number of nitrogens with two attached hydrogens (primary N) is 1. The van der Waals surface area contributed by atoms with Crippen LogP contribution in [0.4, 0.5) is 0 Å². The summed E-state index contributed by atoms with van der Waals surface area (Å²) in [6, 6.07) is 7.16. The van der Waals surface area contributed by atoms with Crippen LogP contribution >= 0.6 is 0 Å². The minimum absolute atomic E-state index is 0.0471. The molecule has 1 aromatic carbocycles. The van der Waals surface area contributed by atoms with Crippen LogP contribution in [0, 0.1) is 0 Å². The smallest absolute Gasteiger partial charge is 0.176 e. The Morgan fingerprint density at radius 1 is 1.44 bits per heavy atom. The Bertz CT molecular complexity index is 356. The van der Waals surface area contributed by atoms with Gasteiger partial charge in [0, 0.05) is 12.1 Å². The van der Waals surface area contributed by atoms with Gasteiger partial charge in [0.15, 0.2) is 5.78 Å². The van der Waals surface area contributed by atoms with E-state index >= 15 is 0 Å². The Morgan fingerprint density at radius 3 is 2.75 bits per heavy atom. The summed E-state index contributed by atoms with van der Waals surface area (Å²) in [7, 11) is 0. The maximum Gasteiger partial charge on any atom is 0.176 e. The molecule has 2 rings (SSSR count). The van der Waals surface area contributed by atoms with Crippen LogP contribution in [0.25, 0.3) is 0 Å². The first kappa shape index (κ1) is 11.1. The Labute approximate surface area is 94.8 Å². The van der Waals surface area contributed by atoms with E-state index in [9.17, 15) is 4.79 Å². The molecule has 1 heterocycles. The summed E-state index contributed by atoms with van der Waals surface area (Å²) in [6.07, 6.45) is 1.28. The van der Waals surface area contributed by atoms with Crippen molar-refractivity contribution in [3.63, 3.8) is 0 Å². The minimum Gasteiger partial charge on any atom is -0.489 e. The van der Waals surface area contributed by atoms with Gasteiger partial charge in [-0.15, -0.1) is 0 Å². The van der Waals surface area contributed by atoms with Gasteiger partial charge in [-0.3, -0.25) is 4.79 Å². The molecular formula is C12H16N2O2. The molecule has 0 aromatic heterocycles. The van der Waals surface area contributed by atoms with Crippen LogP contribution in [0.2, 0.25) is 0 Å². The third-order valence-electron chi connectivity index (χ3n) is 2.68. The number of nitrogens with one attached hydrogen (secondary N) is 1. The third-order valence-corrected chi connectivity index (χ3v) is 2.68. The first-order chi connectivity index (χ1) is 7.79. The van der Waals surface area contributed by atoms with Crippen LogP contribution in [0.15, 0.2) is 24.3 Å². The highest BCUT2D eigenvalue weighted by molar-refractivity contribution is 5.97. The molecule has 1 fully saturated rings. The fraction of sp³-hybridized carbons (Fsp3) is 0.417. The minimum atomic E-state index is -0.0471. The second-order valence-electron chi connectivity index (χ2n) is 3.88. The van der Waals surface area contributed by atoms with Crippen molar-refractivity contribution in [2.45, 2.75) is 12.5 Å². The van der Waals surface area contributed by atoms with Crippen LogP contribution in [-0.4, -0.2) is 31.5 Å². The molecule has 0 spiro atoms. The number of ketones is 1. The van der Waals surface area contributed by atoms with Crippen LogP contribution in [0.5, 0.6) is 5.75 Å². The molecule has 1 unspecified atom stereocenters. The van der Waals surface area contributed by atoms with Crippen molar-refractivity contribution in [1.82, 2.24) is 5.32 Å². The van der Waals surface area contributed by atoms with E-state index in [1.54, 1.807) is 12.1 Å². The van der Waals surface area contributed by atoms with Gasteiger partial charge in [0.05, 0.1) is 6.54 Å². The molecule has 1 aromatic rings. The highest BCUT2D eigenvalue weighted by Crippen LogP contribution is 2.16. The Morgan fingerprint density at radius 2 is 2.19 bits per heavy atom. The van der Waals surface area contributed by atoms with E-state index in [-0.39, 0.29) is 18.4 Å². The topological polar surface area (TPSA) is 64.4 Å². The lowest BCUT2D eigenvalue weighted by Crippen LogP contribution is -2.19. The molecule has 1 aliphatic heterocycles. The molecular weight excluding hydrogens is 204 g/mol. The van der Waals surface area contributed by atoms with E-state index in [0.29, 0.717) is 5.56 Å². The lowest BCUT2D eigenvalue weighted by Gasteiger charge is -2.12. The molecule has 1 aliphatic rings. The molecule has 0 saturated carbocycles. The standard InChI is InChI=1S/C12H16N2O2/c13-7-12(15)9-1-3-10(4-2-9)16-11-5-6-14-8-11/h1-4,11,14H,5-8,13H2. The number of hydrogen-bond acceptors (Lipinski definition) is 4. The Hall–Kier alpha value is -1.39. The number of rotatable bonds is 4. The van der Waals surface area contributed by atoms with Gasteiger partial charge in [-0.1, -0.05) is 0 Å². The Balaban J connectivity index is 1.98. The number of Topliss-reactive ketones (excluding diaryl/α,β-unsaturated/α-hetero) is 1. The second kappa shape index (κ2) is 5.09. The van der Waals surface area contributed by atoms with Gasteiger partial charge >= 0.3 is 0 Å². The first-order valence-corrected chi connectivity index (χ1v) is 5.50. The zero-order valence-corrected chi connectivity index (χ0v) is 9.11. The summed E-state index contributed by atoms with van der Waals surface area (Å²) >= 11 is 0. The first-order valence-electron chi connectivity index (χ1n) is 5.50. The number of carbonyl (C=O) groups is 1. The van der Waals surface area contributed by atoms with Crippen molar-refractivity contribution >= 4 is 5.78 Å². The molecule has 0 amide bonds. The molecule has 4 heteroatoms. The number of ether oxygens (including phenoxy) is 1. The average molecular weight is 220 g/mol. The Kier molecular flexibility index (Phi) is 3.54. The second-order valence-corrected chi connectivity index (χ2v) is 3.88. The van der Waals surface area contributed by atoms with E-state index in [1.807, 2.05) is 12.1 Å². The van der Waals surface area contributed by atoms with Crippen molar-refractivity contribution in [3.05, 3.63) is 29.8 Å². The fourth-order valence-corrected chi connectivity index (χ4v) is 1.76. The summed E-state index contributed by atoms with van der Waals surface area (Å²) in [4.78, 5) is 11.3. The van der Waals surface area contributed by atoms with E-state index in [0.717, 1.165) is 25.3 Å². The van der Waals surface area contributed by atoms with Crippen LogP contribution < -0.4 is 15.8 Å². The molecule has 4 nitrogen and oxygen atoms in total. The van der Waals surface area contributed by atoms with Gasteiger partial charge in [-0.05, 0) is 37.2 Å². The normalized spacial score (nSPS) is 19.7. The molecule has 16 heavy (non-hydrogen) atoms. The van der Waals surface area contributed by atoms with E-state index < -0.39 is 0 Å². The lowest BCUT2D eigenvalue weighted by molar-refractivity contribution is 0.100. The summed E-state index contributed by atoms with van der Waals surface area (Å²) in [6.45, 7) is 1.95. The zero-order chi connectivity index (χ0) is 11.4. The van der Waals surface area contributed by atoms with Crippen molar-refractivity contribution in [3.8, 4) is 5.75 Å². The fourth-order valence-electron chi connectivity index (χ4n) is 1.76. The van der Waals surface area contributed by atoms with Crippen LogP contribution in [-0.2, 0) is 0 Å². The van der Waals surface area contributed by atoms with Gasteiger partial charge in [-0.2, -0.15) is 0 Å². The quantitative estimate of drug-likeness (QED) is 0.728. The summed E-state index contributed by atoms with van der Waals surface area (Å²) in [5.74, 6) is 0.761. The molecule has 0 radical (unpaired) electrons. The zero-order valence-electron chi connectivity index (χ0n) is 9.11. The summed E-state index contributed by atoms with van der Waals surface area (Å²) in [5, 5.41) is 3.24.